The molecule has 4 nitrogen and oxygen atoms in total. The number of H-pyrrole nitrogens is 1. The summed E-state index contributed by atoms with van der Waals surface area (Å²) in [6.07, 6.45) is 1.17. The normalized spacial score (nSPS) is 10.1. The molecule has 0 saturated carbocycles. The van der Waals surface area contributed by atoms with Crippen LogP contribution in [0, 0.1) is 5.82 Å². The highest BCUT2D eigenvalue weighted by Gasteiger charge is 2.09. The summed E-state index contributed by atoms with van der Waals surface area (Å²) in [5, 5.41) is 0. The van der Waals surface area contributed by atoms with Crippen LogP contribution in [0.2, 0.25) is 0 Å². The van der Waals surface area contributed by atoms with Crippen molar-refractivity contribution in [3.8, 4) is 17.0 Å². The van der Waals surface area contributed by atoms with Gasteiger partial charge in [-0.25, -0.2) is 4.98 Å². The third-order valence-corrected chi connectivity index (χ3v) is 2.16. The SMILES string of the molecule is COc1ccc(-c2nc[nH]c(=O)c2F)cc1. The fourth-order valence-electron chi connectivity index (χ4n) is 1.33. The first-order valence-electron chi connectivity index (χ1n) is 4.60. The van der Waals surface area contributed by atoms with Crippen molar-refractivity contribution in [1.82, 2.24) is 9.97 Å². The van der Waals surface area contributed by atoms with E-state index >= 15 is 0 Å². The van der Waals surface area contributed by atoms with Crippen molar-refractivity contribution < 1.29 is 9.13 Å². The van der Waals surface area contributed by atoms with Crippen molar-refractivity contribution >= 4 is 0 Å². The minimum Gasteiger partial charge on any atom is -0.497 e. The molecule has 2 aromatic rings. The van der Waals surface area contributed by atoms with E-state index in [1.807, 2.05) is 0 Å². The topological polar surface area (TPSA) is 55.0 Å². The smallest absolute Gasteiger partial charge is 0.287 e. The summed E-state index contributed by atoms with van der Waals surface area (Å²) < 4.78 is 18.4. The summed E-state index contributed by atoms with van der Waals surface area (Å²) in [6.45, 7) is 0. The lowest BCUT2D eigenvalue weighted by atomic mass is 10.1. The molecule has 1 aromatic heterocycles. The third kappa shape index (κ3) is 1.79. The number of nitrogens with zero attached hydrogens (tertiary/aromatic N) is 1. The Morgan fingerprint density at radius 3 is 2.62 bits per heavy atom. The molecule has 1 aromatic carbocycles. The Balaban J connectivity index is 2.50. The van der Waals surface area contributed by atoms with E-state index in [2.05, 4.69) is 9.97 Å². The predicted octanol–water partition coefficient (Wildman–Crippen LogP) is 1.58. The Kier molecular flexibility index (Phi) is 2.68. The first kappa shape index (κ1) is 10.4. The second-order valence-electron chi connectivity index (χ2n) is 3.12. The predicted molar refractivity (Wildman–Crippen MR) is 56.8 cm³/mol. The fourth-order valence-corrected chi connectivity index (χ4v) is 1.33. The Morgan fingerprint density at radius 1 is 1.31 bits per heavy atom. The van der Waals surface area contributed by atoms with E-state index in [1.165, 1.54) is 6.33 Å². The maximum Gasteiger partial charge on any atom is 0.287 e. The molecule has 0 aliphatic carbocycles. The van der Waals surface area contributed by atoms with Gasteiger partial charge in [0.2, 0.25) is 5.82 Å². The van der Waals surface area contributed by atoms with Crippen molar-refractivity contribution in [1.29, 1.82) is 0 Å². The van der Waals surface area contributed by atoms with Gasteiger partial charge in [0, 0.05) is 5.56 Å². The van der Waals surface area contributed by atoms with Gasteiger partial charge in [-0.15, -0.1) is 0 Å². The number of rotatable bonds is 2. The van der Waals surface area contributed by atoms with Gasteiger partial charge in [-0.05, 0) is 24.3 Å². The van der Waals surface area contributed by atoms with E-state index in [-0.39, 0.29) is 5.69 Å². The van der Waals surface area contributed by atoms with Gasteiger partial charge >= 0.3 is 0 Å². The van der Waals surface area contributed by atoms with Gasteiger partial charge in [-0.3, -0.25) is 4.79 Å². The van der Waals surface area contributed by atoms with Gasteiger partial charge in [0.15, 0.2) is 0 Å². The summed E-state index contributed by atoms with van der Waals surface area (Å²) >= 11 is 0. The second kappa shape index (κ2) is 4.14. The molecule has 0 spiro atoms. The van der Waals surface area contributed by atoms with Gasteiger partial charge in [0.1, 0.15) is 11.4 Å². The van der Waals surface area contributed by atoms with Gasteiger partial charge in [0.05, 0.1) is 13.4 Å². The number of hydrogen-bond acceptors (Lipinski definition) is 3. The molecule has 0 aliphatic rings. The summed E-state index contributed by atoms with van der Waals surface area (Å²) in [7, 11) is 1.54. The van der Waals surface area contributed by atoms with Gasteiger partial charge < -0.3 is 9.72 Å². The molecule has 0 bridgehead atoms. The molecule has 0 unspecified atom stereocenters. The molecule has 1 N–H and O–H groups in total. The molecule has 0 atom stereocenters. The van der Waals surface area contributed by atoms with Crippen LogP contribution >= 0.6 is 0 Å². The van der Waals surface area contributed by atoms with Gasteiger partial charge in [0.25, 0.3) is 5.56 Å². The number of ether oxygens (including phenoxy) is 1. The van der Waals surface area contributed by atoms with E-state index in [0.29, 0.717) is 11.3 Å². The average Bonchev–Trinajstić information content (AvgIpc) is 2.33. The van der Waals surface area contributed by atoms with Crippen LogP contribution in [-0.2, 0) is 0 Å². The molecular weight excluding hydrogens is 211 g/mol. The lowest BCUT2D eigenvalue weighted by Gasteiger charge is -2.03. The zero-order valence-corrected chi connectivity index (χ0v) is 8.53. The minimum atomic E-state index is -0.882. The molecule has 5 heteroatoms. The maximum absolute atomic E-state index is 13.4. The molecular formula is C11H9FN2O2. The van der Waals surface area contributed by atoms with E-state index in [0.717, 1.165) is 0 Å². The number of aromatic amines is 1. The molecule has 82 valence electrons. The van der Waals surface area contributed by atoms with Gasteiger partial charge in [-0.2, -0.15) is 4.39 Å². The van der Waals surface area contributed by atoms with Crippen molar-refractivity contribution in [2.45, 2.75) is 0 Å². The number of methoxy groups -OCH3 is 1. The standard InChI is InChI=1S/C11H9FN2O2/c1-16-8-4-2-7(3-5-8)10-9(12)11(15)14-6-13-10/h2-6H,1H3,(H,13,14,15). The quantitative estimate of drug-likeness (QED) is 0.836. The van der Waals surface area contributed by atoms with Crippen LogP contribution < -0.4 is 10.3 Å². The number of benzene rings is 1. The molecule has 2 rings (SSSR count). The van der Waals surface area contributed by atoms with Crippen LogP contribution in [-0.4, -0.2) is 17.1 Å². The molecule has 0 radical (unpaired) electrons. The highest BCUT2D eigenvalue weighted by Crippen LogP contribution is 2.20. The van der Waals surface area contributed by atoms with Crippen LogP contribution in [0.1, 0.15) is 0 Å². The lowest BCUT2D eigenvalue weighted by Crippen LogP contribution is -2.12. The van der Waals surface area contributed by atoms with Crippen molar-refractivity contribution in [2.24, 2.45) is 0 Å². The average molecular weight is 220 g/mol. The second-order valence-corrected chi connectivity index (χ2v) is 3.12. The summed E-state index contributed by atoms with van der Waals surface area (Å²) in [4.78, 5) is 17.0. The fraction of sp³-hybridized carbons (Fsp3) is 0.0909. The van der Waals surface area contributed by atoms with Crippen molar-refractivity contribution in [2.75, 3.05) is 7.11 Å². The van der Waals surface area contributed by atoms with E-state index < -0.39 is 11.4 Å². The summed E-state index contributed by atoms with van der Waals surface area (Å²) in [5.74, 6) is -0.221. The monoisotopic (exact) mass is 220 g/mol. The molecule has 0 saturated heterocycles. The molecule has 16 heavy (non-hydrogen) atoms. The van der Waals surface area contributed by atoms with Crippen LogP contribution in [0.25, 0.3) is 11.3 Å². The lowest BCUT2D eigenvalue weighted by molar-refractivity contribution is 0.415. The van der Waals surface area contributed by atoms with E-state index in [9.17, 15) is 9.18 Å². The van der Waals surface area contributed by atoms with Crippen LogP contribution in [0.4, 0.5) is 4.39 Å². The first-order valence-corrected chi connectivity index (χ1v) is 4.60. The number of hydrogen-bond donors (Lipinski definition) is 1. The number of aromatic nitrogens is 2. The van der Waals surface area contributed by atoms with Gasteiger partial charge in [-0.1, -0.05) is 0 Å². The van der Waals surface area contributed by atoms with Crippen molar-refractivity contribution in [3.05, 3.63) is 46.8 Å². The highest BCUT2D eigenvalue weighted by atomic mass is 19.1. The minimum absolute atomic E-state index is 0.0337. The molecule has 1 heterocycles. The van der Waals surface area contributed by atoms with E-state index in [1.54, 1.807) is 31.4 Å². The van der Waals surface area contributed by atoms with Crippen LogP contribution in [0.5, 0.6) is 5.75 Å². The first-order chi connectivity index (χ1) is 7.72. The largest absolute Gasteiger partial charge is 0.497 e. The molecule has 0 aliphatic heterocycles. The highest BCUT2D eigenvalue weighted by molar-refractivity contribution is 5.60. The van der Waals surface area contributed by atoms with Crippen LogP contribution in [0.15, 0.2) is 35.4 Å². The van der Waals surface area contributed by atoms with Crippen LogP contribution in [0.3, 0.4) is 0 Å². The zero-order chi connectivity index (χ0) is 11.5. The van der Waals surface area contributed by atoms with E-state index in [4.69, 9.17) is 4.74 Å². The Labute approximate surface area is 90.7 Å². The maximum atomic E-state index is 13.4. The molecule has 0 fully saturated rings. The summed E-state index contributed by atoms with van der Waals surface area (Å²) in [6, 6.07) is 6.64. The Morgan fingerprint density at radius 2 is 2.00 bits per heavy atom. The van der Waals surface area contributed by atoms with Crippen molar-refractivity contribution in [3.63, 3.8) is 0 Å². The third-order valence-electron chi connectivity index (χ3n) is 2.16. The zero-order valence-electron chi connectivity index (χ0n) is 8.53. The number of nitrogens with one attached hydrogen (secondary N) is 1. The Hall–Kier alpha value is -2.17. The number of halogens is 1. The summed E-state index contributed by atoms with van der Waals surface area (Å²) in [5.41, 5.74) is -0.211. The molecule has 0 amide bonds. The Bertz CT molecular complexity index is 549.